The van der Waals surface area contributed by atoms with Gasteiger partial charge in [0.1, 0.15) is 5.54 Å². The van der Waals surface area contributed by atoms with E-state index >= 15 is 0 Å². The minimum absolute atomic E-state index is 0.0615. The van der Waals surface area contributed by atoms with Crippen molar-refractivity contribution in [1.82, 2.24) is 10.6 Å². The van der Waals surface area contributed by atoms with E-state index in [0.717, 1.165) is 25.7 Å². The Morgan fingerprint density at radius 2 is 1.89 bits per heavy atom. The van der Waals surface area contributed by atoms with Crippen molar-refractivity contribution < 1.29 is 14.7 Å². The van der Waals surface area contributed by atoms with Gasteiger partial charge in [-0.3, -0.25) is 0 Å². The summed E-state index contributed by atoms with van der Waals surface area (Å²) in [6, 6.07) is -0.350. The quantitative estimate of drug-likeness (QED) is 0.585. The zero-order valence-corrected chi connectivity index (χ0v) is 11.9. The van der Waals surface area contributed by atoms with E-state index in [9.17, 15) is 9.59 Å². The summed E-state index contributed by atoms with van der Waals surface area (Å²) in [5.41, 5.74) is -1.20. The van der Waals surface area contributed by atoms with Gasteiger partial charge in [0.2, 0.25) is 0 Å². The van der Waals surface area contributed by atoms with Crippen molar-refractivity contribution in [3.63, 3.8) is 0 Å². The highest BCUT2D eigenvalue weighted by Crippen LogP contribution is 2.09. The average molecular weight is 258 g/mol. The lowest BCUT2D eigenvalue weighted by atomic mass is 10.00. The molecule has 0 aliphatic rings. The van der Waals surface area contributed by atoms with Crippen LogP contribution in [-0.2, 0) is 4.79 Å². The molecule has 2 unspecified atom stereocenters. The van der Waals surface area contributed by atoms with Crippen molar-refractivity contribution in [2.24, 2.45) is 0 Å². The van der Waals surface area contributed by atoms with Gasteiger partial charge in [0.05, 0.1) is 0 Å². The highest BCUT2D eigenvalue weighted by atomic mass is 16.4. The standard InChI is InChI=1S/C13H26N2O3/c1-5-7-8-9-10(3)14-12(18)15-13(4,6-2)11(16)17/h10H,5-9H2,1-4H3,(H,16,17)(H2,14,15,18). The molecule has 0 rings (SSSR count). The monoisotopic (exact) mass is 258 g/mol. The molecule has 0 radical (unpaired) electrons. The van der Waals surface area contributed by atoms with E-state index in [1.807, 2.05) is 6.92 Å². The third kappa shape index (κ3) is 5.89. The fraction of sp³-hybridized carbons (Fsp3) is 0.846. The molecule has 18 heavy (non-hydrogen) atoms. The number of hydrogen-bond donors (Lipinski definition) is 3. The number of unbranched alkanes of at least 4 members (excludes halogenated alkanes) is 2. The van der Waals surface area contributed by atoms with Gasteiger partial charge in [0, 0.05) is 6.04 Å². The van der Waals surface area contributed by atoms with E-state index in [1.165, 1.54) is 6.92 Å². The SMILES string of the molecule is CCCCCC(C)NC(=O)NC(C)(CC)C(=O)O. The van der Waals surface area contributed by atoms with E-state index in [0.29, 0.717) is 6.42 Å². The lowest BCUT2D eigenvalue weighted by Gasteiger charge is -2.26. The van der Waals surface area contributed by atoms with Crippen molar-refractivity contribution in [3.8, 4) is 0 Å². The molecule has 3 N–H and O–H groups in total. The third-order valence-electron chi connectivity index (χ3n) is 3.19. The number of urea groups is 1. The molecule has 0 spiro atoms. The molecule has 0 aliphatic carbocycles. The summed E-state index contributed by atoms with van der Waals surface area (Å²) in [6.45, 7) is 7.30. The Labute approximate surface area is 109 Å². The number of rotatable bonds is 8. The molecule has 0 fully saturated rings. The zero-order chi connectivity index (χ0) is 14.2. The molecule has 0 saturated carbocycles. The number of hydrogen-bond acceptors (Lipinski definition) is 2. The smallest absolute Gasteiger partial charge is 0.329 e. The minimum Gasteiger partial charge on any atom is -0.480 e. The highest BCUT2D eigenvalue weighted by Gasteiger charge is 2.32. The van der Waals surface area contributed by atoms with Gasteiger partial charge in [0.15, 0.2) is 0 Å². The number of amides is 2. The van der Waals surface area contributed by atoms with Crippen LogP contribution >= 0.6 is 0 Å². The number of carboxylic acid groups (broad SMARTS) is 1. The molecule has 2 amide bonds. The Bertz CT molecular complexity index is 281. The van der Waals surface area contributed by atoms with E-state index in [1.54, 1.807) is 6.92 Å². The minimum atomic E-state index is -1.20. The highest BCUT2D eigenvalue weighted by molar-refractivity contribution is 5.85. The fourth-order valence-corrected chi connectivity index (χ4v) is 1.58. The third-order valence-corrected chi connectivity index (χ3v) is 3.19. The summed E-state index contributed by atoms with van der Waals surface area (Å²) in [6.07, 6.45) is 4.63. The summed E-state index contributed by atoms with van der Waals surface area (Å²) in [4.78, 5) is 22.7. The molecule has 106 valence electrons. The first-order valence-corrected chi connectivity index (χ1v) is 6.67. The number of aliphatic carboxylic acids is 1. The van der Waals surface area contributed by atoms with Gasteiger partial charge in [-0.05, 0) is 26.7 Å². The van der Waals surface area contributed by atoms with Crippen LogP contribution in [0.3, 0.4) is 0 Å². The van der Waals surface area contributed by atoms with Gasteiger partial charge in [-0.25, -0.2) is 9.59 Å². The molecule has 0 aromatic carbocycles. The Morgan fingerprint density at radius 1 is 1.28 bits per heavy atom. The van der Waals surface area contributed by atoms with Gasteiger partial charge in [-0.2, -0.15) is 0 Å². The summed E-state index contributed by atoms with van der Waals surface area (Å²) in [7, 11) is 0. The predicted octanol–water partition coefficient (Wildman–Crippen LogP) is 2.51. The first-order chi connectivity index (χ1) is 8.35. The molecule has 0 saturated heterocycles. The van der Waals surface area contributed by atoms with Crippen LogP contribution in [0.15, 0.2) is 0 Å². The van der Waals surface area contributed by atoms with Crippen LogP contribution in [0.25, 0.3) is 0 Å². The van der Waals surface area contributed by atoms with Crippen molar-refractivity contribution in [2.45, 2.75) is 71.4 Å². The zero-order valence-electron chi connectivity index (χ0n) is 11.9. The Hall–Kier alpha value is -1.26. The Kier molecular flexibility index (Phi) is 7.39. The first-order valence-electron chi connectivity index (χ1n) is 6.67. The summed E-state index contributed by atoms with van der Waals surface area (Å²) >= 11 is 0. The molecule has 5 nitrogen and oxygen atoms in total. The molecule has 0 aromatic rings. The van der Waals surface area contributed by atoms with Gasteiger partial charge < -0.3 is 15.7 Å². The molecular formula is C13H26N2O3. The number of carboxylic acids is 1. The van der Waals surface area contributed by atoms with E-state index < -0.39 is 17.5 Å². The lowest BCUT2D eigenvalue weighted by molar-refractivity contribution is -0.143. The molecule has 0 aromatic heterocycles. The second kappa shape index (κ2) is 7.95. The molecule has 0 aliphatic heterocycles. The summed E-state index contributed by atoms with van der Waals surface area (Å²) in [5.74, 6) is -1.02. The Morgan fingerprint density at radius 3 is 2.33 bits per heavy atom. The molecular weight excluding hydrogens is 232 g/mol. The maximum absolute atomic E-state index is 11.7. The van der Waals surface area contributed by atoms with Crippen LogP contribution < -0.4 is 10.6 Å². The van der Waals surface area contributed by atoms with E-state index in [4.69, 9.17) is 5.11 Å². The number of nitrogens with one attached hydrogen (secondary N) is 2. The topological polar surface area (TPSA) is 78.4 Å². The van der Waals surface area contributed by atoms with Crippen LogP contribution in [0.5, 0.6) is 0 Å². The van der Waals surface area contributed by atoms with Crippen molar-refractivity contribution in [1.29, 1.82) is 0 Å². The van der Waals surface area contributed by atoms with Crippen molar-refractivity contribution >= 4 is 12.0 Å². The van der Waals surface area contributed by atoms with Gasteiger partial charge in [-0.15, -0.1) is 0 Å². The first kappa shape index (κ1) is 16.7. The van der Waals surface area contributed by atoms with Crippen LogP contribution in [-0.4, -0.2) is 28.7 Å². The lowest BCUT2D eigenvalue weighted by Crippen LogP contribution is -2.56. The molecule has 0 heterocycles. The van der Waals surface area contributed by atoms with E-state index in [2.05, 4.69) is 17.6 Å². The maximum atomic E-state index is 11.7. The van der Waals surface area contributed by atoms with Gasteiger partial charge in [-0.1, -0.05) is 33.1 Å². The molecule has 5 heteroatoms. The van der Waals surface area contributed by atoms with Crippen LogP contribution in [0, 0.1) is 0 Å². The maximum Gasteiger partial charge on any atom is 0.329 e. The van der Waals surface area contributed by atoms with Gasteiger partial charge in [0.25, 0.3) is 0 Å². The predicted molar refractivity (Wildman–Crippen MR) is 71.6 cm³/mol. The second-order valence-corrected chi connectivity index (χ2v) is 4.99. The molecule has 2 atom stereocenters. The molecule has 0 bridgehead atoms. The van der Waals surface area contributed by atoms with Crippen LogP contribution in [0.4, 0.5) is 4.79 Å². The van der Waals surface area contributed by atoms with Crippen molar-refractivity contribution in [2.75, 3.05) is 0 Å². The van der Waals surface area contributed by atoms with Crippen LogP contribution in [0.2, 0.25) is 0 Å². The summed E-state index contributed by atoms with van der Waals surface area (Å²) in [5, 5.41) is 14.3. The second-order valence-electron chi connectivity index (χ2n) is 4.99. The van der Waals surface area contributed by atoms with E-state index in [-0.39, 0.29) is 6.04 Å². The summed E-state index contributed by atoms with van der Waals surface area (Å²) < 4.78 is 0. The average Bonchev–Trinajstić information content (AvgIpc) is 2.28. The van der Waals surface area contributed by atoms with Crippen molar-refractivity contribution in [3.05, 3.63) is 0 Å². The van der Waals surface area contributed by atoms with Gasteiger partial charge >= 0.3 is 12.0 Å². The fourth-order valence-electron chi connectivity index (χ4n) is 1.58. The number of carbonyl (C=O) groups excluding carboxylic acids is 1. The van der Waals surface area contributed by atoms with Crippen LogP contribution in [0.1, 0.15) is 59.8 Å². The number of carbonyl (C=O) groups is 2. The Balaban J connectivity index is 4.13. The largest absolute Gasteiger partial charge is 0.480 e. The normalized spacial score (nSPS) is 15.6.